The van der Waals surface area contributed by atoms with E-state index in [4.69, 9.17) is 9.47 Å². The van der Waals surface area contributed by atoms with Crippen LogP contribution in [0, 0.1) is 0 Å². The van der Waals surface area contributed by atoms with Crippen LogP contribution in [0.25, 0.3) is 0 Å². The molecule has 2 atom stereocenters. The van der Waals surface area contributed by atoms with E-state index in [0.717, 1.165) is 96.3 Å². The molecule has 2 N–H and O–H groups in total. The highest BCUT2D eigenvalue weighted by Crippen LogP contribution is 2.14. The lowest BCUT2D eigenvalue weighted by molar-refractivity contribution is -0.157. The fourth-order valence-corrected chi connectivity index (χ4v) is 5.04. The fraction of sp³-hybridized carbons (Fsp3) is 0.867. The molecule has 228 valence electrons. The zero-order chi connectivity index (χ0) is 29.1. The molecule has 0 aromatic heterocycles. The Kier molecular flexibility index (Phi) is 25.3. The number of carbonyl (C=O) groups excluding carboxylic acids is 3. The standard InChI is InChI=1S/C30H55NO7S/c1-4-7-10-13-16-19-27(32)31-26(30(35)36)24-39-23-25(38-29(34)21-18-15-12-9-6-3)22-37-28(33)20-17-14-11-8-5-2/h25-26H,4-24H2,1-3H3,(H,31,32)(H,35,36)/t25-,26-/m1/s1. The van der Waals surface area contributed by atoms with Gasteiger partial charge in [-0.25, -0.2) is 4.79 Å². The molecule has 39 heavy (non-hydrogen) atoms. The molecule has 1 amide bonds. The molecule has 0 saturated heterocycles. The number of amides is 1. The first-order valence-electron chi connectivity index (χ1n) is 15.3. The molecule has 0 aliphatic rings. The summed E-state index contributed by atoms with van der Waals surface area (Å²) < 4.78 is 11.0. The van der Waals surface area contributed by atoms with Crippen molar-refractivity contribution in [2.75, 3.05) is 18.1 Å². The van der Waals surface area contributed by atoms with Crippen molar-refractivity contribution in [1.82, 2.24) is 5.32 Å². The van der Waals surface area contributed by atoms with Gasteiger partial charge in [-0.15, -0.1) is 0 Å². The van der Waals surface area contributed by atoms with Crippen LogP contribution in [0.2, 0.25) is 0 Å². The highest BCUT2D eigenvalue weighted by atomic mass is 32.2. The van der Waals surface area contributed by atoms with E-state index in [1.807, 2.05) is 0 Å². The first-order valence-corrected chi connectivity index (χ1v) is 16.4. The van der Waals surface area contributed by atoms with Gasteiger partial charge in [0, 0.05) is 30.8 Å². The molecular weight excluding hydrogens is 518 g/mol. The number of esters is 2. The number of carboxylic acids is 1. The van der Waals surface area contributed by atoms with Crippen molar-refractivity contribution >= 4 is 35.6 Å². The van der Waals surface area contributed by atoms with Crippen LogP contribution < -0.4 is 5.32 Å². The van der Waals surface area contributed by atoms with Crippen molar-refractivity contribution in [3.63, 3.8) is 0 Å². The minimum Gasteiger partial charge on any atom is -0.480 e. The summed E-state index contributed by atoms with van der Waals surface area (Å²) in [5.41, 5.74) is 0. The summed E-state index contributed by atoms with van der Waals surface area (Å²) in [5.74, 6) is -1.60. The minimum atomic E-state index is -1.10. The molecule has 0 radical (unpaired) electrons. The largest absolute Gasteiger partial charge is 0.480 e. The van der Waals surface area contributed by atoms with Crippen LogP contribution in [0.4, 0.5) is 0 Å². The lowest BCUT2D eigenvalue weighted by Gasteiger charge is -2.19. The zero-order valence-electron chi connectivity index (χ0n) is 24.8. The Morgan fingerprint density at radius 3 is 1.67 bits per heavy atom. The van der Waals surface area contributed by atoms with Gasteiger partial charge in [-0.05, 0) is 19.3 Å². The highest BCUT2D eigenvalue weighted by molar-refractivity contribution is 7.99. The van der Waals surface area contributed by atoms with Crippen LogP contribution in [0.5, 0.6) is 0 Å². The van der Waals surface area contributed by atoms with Gasteiger partial charge in [-0.1, -0.05) is 97.8 Å². The summed E-state index contributed by atoms with van der Waals surface area (Å²) in [6.45, 7) is 6.35. The Bertz CT molecular complexity index is 659. The van der Waals surface area contributed by atoms with Crippen molar-refractivity contribution in [3.8, 4) is 0 Å². The van der Waals surface area contributed by atoms with Gasteiger partial charge in [0.15, 0.2) is 0 Å². The third-order valence-corrected chi connectivity index (χ3v) is 7.60. The normalized spacial score (nSPS) is 12.5. The van der Waals surface area contributed by atoms with Crippen molar-refractivity contribution in [2.24, 2.45) is 0 Å². The van der Waals surface area contributed by atoms with Crippen molar-refractivity contribution in [1.29, 1.82) is 0 Å². The van der Waals surface area contributed by atoms with E-state index in [1.165, 1.54) is 11.8 Å². The van der Waals surface area contributed by atoms with Gasteiger partial charge in [0.25, 0.3) is 0 Å². The molecule has 0 rings (SSSR count). The number of nitrogens with one attached hydrogen (secondary N) is 1. The van der Waals surface area contributed by atoms with Gasteiger partial charge in [0.1, 0.15) is 18.8 Å². The number of hydrogen-bond donors (Lipinski definition) is 2. The highest BCUT2D eigenvalue weighted by Gasteiger charge is 2.22. The lowest BCUT2D eigenvalue weighted by atomic mass is 10.1. The lowest BCUT2D eigenvalue weighted by Crippen LogP contribution is -2.42. The minimum absolute atomic E-state index is 0.0514. The van der Waals surface area contributed by atoms with Gasteiger partial charge in [0.2, 0.25) is 5.91 Å². The number of hydrogen-bond acceptors (Lipinski definition) is 7. The molecule has 0 aliphatic heterocycles. The molecule has 0 spiro atoms. The average molecular weight is 574 g/mol. The monoisotopic (exact) mass is 573 g/mol. The molecular formula is C30H55NO7S. The number of unbranched alkanes of at least 4 members (excludes halogenated alkanes) is 12. The van der Waals surface area contributed by atoms with Gasteiger partial charge < -0.3 is 19.9 Å². The van der Waals surface area contributed by atoms with Gasteiger partial charge >= 0.3 is 17.9 Å². The first kappa shape index (κ1) is 37.2. The van der Waals surface area contributed by atoms with E-state index in [-0.39, 0.29) is 36.0 Å². The zero-order valence-corrected chi connectivity index (χ0v) is 25.6. The summed E-state index contributed by atoms with van der Waals surface area (Å²) in [6.07, 6.45) is 15.5. The van der Waals surface area contributed by atoms with E-state index in [1.54, 1.807) is 0 Å². The maximum atomic E-state index is 12.4. The van der Waals surface area contributed by atoms with Crippen LogP contribution in [0.3, 0.4) is 0 Å². The second kappa shape index (κ2) is 26.5. The number of aliphatic carboxylic acids is 1. The molecule has 0 fully saturated rings. The van der Waals surface area contributed by atoms with Crippen LogP contribution >= 0.6 is 11.8 Å². The number of rotatable bonds is 27. The number of thioether (sulfide) groups is 1. The van der Waals surface area contributed by atoms with E-state index in [0.29, 0.717) is 19.3 Å². The molecule has 0 unspecified atom stereocenters. The van der Waals surface area contributed by atoms with Gasteiger partial charge in [-0.2, -0.15) is 11.8 Å². The van der Waals surface area contributed by atoms with E-state index in [2.05, 4.69) is 26.1 Å². The maximum Gasteiger partial charge on any atom is 0.327 e. The molecule has 0 saturated carbocycles. The second-order valence-electron chi connectivity index (χ2n) is 10.3. The summed E-state index contributed by atoms with van der Waals surface area (Å²) in [4.78, 5) is 48.5. The Hall–Kier alpha value is -1.77. The Labute approximate surface area is 241 Å². The number of ether oxygens (including phenoxy) is 2. The van der Waals surface area contributed by atoms with E-state index < -0.39 is 18.1 Å². The van der Waals surface area contributed by atoms with E-state index in [9.17, 15) is 24.3 Å². The average Bonchev–Trinajstić information content (AvgIpc) is 2.90. The molecule has 8 nitrogen and oxygen atoms in total. The Morgan fingerprint density at radius 1 is 0.667 bits per heavy atom. The van der Waals surface area contributed by atoms with E-state index >= 15 is 0 Å². The van der Waals surface area contributed by atoms with Crippen LogP contribution in [-0.4, -0.2) is 59.2 Å². The number of carbonyl (C=O) groups is 4. The molecule has 9 heteroatoms. The molecule has 0 heterocycles. The van der Waals surface area contributed by atoms with Gasteiger partial charge in [-0.3, -0.25) is 14.4 Å². The summed E-state index contributed by atoms with van der Waals surface area (Å²) >= 11 is 1.27. The van der Waals surface area contributed by atoms with Gasteiger partial charge in [0.05, 0.1) is 0 Å². The predicted molar refractivity (Wildman–Crippen MR) is 158 cm³/mol. The maximum absolute atomic E-state index is 12.4. The SMILES string of the molecule is CCCCCCCC(=O)N[C@H](CSC[C@@H](COC(=O)CCCCCCC)OC(=O)CCCCCCC)C(=O)O. The molecule has 0 bridgehead atoms. The Morgan fingerprint density at radius 2 is 1.15 bits per heavy atom. The van der Waals surface area contributed by atoms with Crippen LogP contribution in [0.1, 0.15) is 136 Å². The fourth-order valence-electron chi connectivity index (χ4n) is 4.01. The van der Waals surface area contributed by atoms with Crippen LogP contribution in [-0.2, 0) is 28.7 Å². The quantitative estimate of drug-likeness (QED) is 0.0811. The molecule has 0 aromatic carbocycles. The molecule has 0 aromatic rings. The van der Waals surface area contributed by atoms with Crippen molar-refractivity contribution in [2.45, 2.75) is 148 Å². The second-order valence-corrected chi connectivity index (χ2v) is 11.4. The summed E-state index contributed by atoms with van der Waals surface area (Å²) in [5, 5.41) is 12.2. The predicted octanol–water partition coefficient (Wildman–Crippen LogP) is 6.83. The van der Waals surface area contributed by atoms with Crippen molar-refractivity contribution < 1.29 is 33.8 Å². The topological polar surface area (TPSA) is 119 Å². The molecule has 0 aliphatic carbocycles. The third-order valence-electron chi connectivity index (χ3n) is 6.43. The Balaban J connectivity index is 4.69. The number of carboxylic acid groups (broad SMARTS) is 1. The summed E-state index contributed by atoms with van der Waals surface area (Å²) in [7, 11) is 0. The van der Waals surface area contributed by atoms with Crippen molar-refractivity contribution in [3.05, 3.63) is 0 Å². The summed E-state index contributed by atoms with van der Waals surface area (Å²) in [6, 6.07) is -1.03. The first-order chi connectivity index (χ1) is 18.8. The smallest absolute Gasteiger partial charge is 0.327 e. The third kappa shape index (κ3) is 23.8. The van der Waals surface area contributed by atoms with Crippen LogP contribution in [0.15, 0.2) is 0 Å².